The third-order valence-electron chi connectivity index (χ3n) is 10.1. The quantitative estimate of drug-likeness (QED) is 0.0697. The van der Waals surface area contributed by atoms with E-state index in [1.807, 2.05) is 0 Å². The molecule has 0 radical (unpaired) electrons. The van der Waals surface area contributed by atoms with Gasteiger partial charge >= 0.3 is 0 Å². The topological polar surface area (TPSA) is 12.9 Å². The summed E-state index contributed by atoms with van der Waals surface area (Å²) in [4.78, 5) is 5.74. The van der Waals surface area contributed by atoms with Gasteiger partial charge in [-0.15, -0.1) is 0 Å². The zero-order valence-corrected chi connectivity index (χ0v) is 29.9. The molecular formula is C43H69N. The molecule has 246 valence electrons. The zero-order valence-electron chi connectivity index (χ0n) is 29.9. The fourth-order valence-electron chi connectivity index (χ4n) is 7.41. The summed E-state index contributed by atoms with van der Waals surface area (Å²) in [5.74, 6) is 0. The molecule has 0 unspecified atom stereocenters. The lowest BCUT2D eigenvalue weighted by atomic mass is 9.82. The van der Waals surface area contributed by atoms with Crippen LogP contribution in [0.1, 0.15) is 191 Å². The van der Waals surface area contributed by atoms with E-state index in [4.69, 9.17) is 4.98 Å². The van der Waals surface area contributed by atoms with Crippen LogP contribution in [0.25, 0.3) is 21.8 Å². The van der Waals surface area contributed by atoms with Crippen molar-refractivity contribution in [1.82, 2.24) is 4.98 Å². The summed E-state index contributed by atoms with van der Waals surface area (Å²) in [5.41, 5.74) is 10.9. The number of pyridine rings is 1. The lowest BCUT2D eigenvalue weighted by Gasteiger charge is -2.24. The number of hydrogen-bond donors (Lipinski definition) is 0. The molecule has 3 rings (SSSR count). The van der Waals surface area contributed by atoms with E-state index in [9.17, 15) is 0 Å². The summed E-state index contributed by atoms with van der Waals surface area (Å²) in [6.45, 7) is 11.7. The molecule has 0 aliphatic carbocycles. The number of aromatic nitrogens is 1. The van der Waals surface area contributed by atoms with Crippen molar-refractivity contribution in [2.24, 2.45) is 0 Å². The Balaban J connectivity index is 2.23. The predicted molar refractivity (Wildman–Crippen MR) is 198 cm³/mol. The largest absolute Gasteiger partial charge is 0.247 e. The Morgan fingerprint density at radius 2 is 0.841 bits per heavy atom. The number of unbranched alkanes of at least 4 members (excludes halogenated alkanes) is 15. The Morgan fingerprint density at radius 3 is 1.34 bits per heavy atom. The number of aryl methyl sites for hydroxylation is 3. The van der Waals surface area contributed by atoms with Gasteiger partial charge in [-0.25, -0.2) is 4.98 Å². The molecule has 0 saturated carbocycles. The number of benzene rings is 2. The summed E-state index contributed by atoms with van der Waals surface area (Å²) in [7, 11) is 0. The second kappa shape index (κ2) is 21.8. The first kappa shape index (κ1) is 36.6. The molecule has 0 amide bonds. The highest BCUT2D eigenvalue weighted by molar-refractivity contribution is 5.98. The average Bonchev–Trinajstić information content (AvgIpc) is 3.04. The summed E-state index contributed by atoms with van der Waals surface area (Å²) in [6.07, 6.45) is 32.7. The van der Waals surface area contributed by atoms with Gasteiger partial charge in [-0.1, -0.05) is 149 Å². The Kier molecular flexibility index (Phi) is 18.1. The highest BCUT2D eigenvalue weighted by Gasteiger charge is 2.21. The maximum atomic E-state index is 5.74. The SMILES string of the molecule is CCCCCCc1c(CCCCCC)c(CCCCCC)c2nc3c(CCCCCC)cccc3cc2c1CCCCCC. The third-order valence-corrected chi connectivity index (χ3v) is 10.1. The molecular weight excluding hydrogens is 530 g/mol. The summed E-state index contributed by atoms with van der Waals surface area (Å²) in [6, 6.07) is 9.60. The number of hydrogen-bond acceptors (Lipinski definition) is 1. The number of nitrogens with zero attached hydrogens (tertiary/aromatic N) is 1. The molecule has 1 nitrogen and oxygen atoms in total. The minimum Gasteiger partial charge on any atom is -0.247 e. The molecule has 0 atom stereocenters. The monoisotopic (exact) mass is 600 g/mol. The standard InChI is InChI=1S/C43H69N/c1-6-11-16-21-27-35-28-26-29-36-34-41-39(32-24-19-14-9-4)37(30-22-17-12-7-2)38(31-23-18-13-8-3)40(33-25-20-15-10-5)43(41)44-42(35)36/h26,28-29,34H,6-25,27,30-33H2,1-5H3. The molecule has 0 aliphatic rings. The van der Waals surface area contributed by atoms with Gasteiger partial charge in [-0.05, 0) is 98.1 Å². The van der Waals surface area contributed by atoms with E-state index in [0.29, 0.717) is 0 Å². The lowest BCUT2D eigenvalue weighted by molar-refractivity contribution is 0.633. The normalized spacial score (nSPS) is 11.8. The van der Waals surface area contributed by atoms with E-state index in [0.717, 1.165) is 6.42 Å². The highest BCUT2D eigenvalue weighted by atomic mass is 14.7. The molecule has 0 N–H and O–H groups in total. The zero-order chi connectivity index (χ0) is 31.4. The molecule has 1 heteroatoms. The maximum absolute atomic E-state index is 5.74. The highest BCUT2D eigenvalue weighted by Crippen LogP contribution is 2.37. The molecule has 44 heavy (non-hydrogen) atoms. The third kappa shape index (κ3) is 11.2. The van der Waals surface area contributed by atoms with Crippen molar-refractivity contribution in [1.29, 1.82) is 0 Å². The van der Waals surface area contributed by atoms with Crippen molar-refractivity contribution in [3.8, 4) is 0 Å². The van der Waals surface area contributed by atoms with Crippen molar-refractivity contribution in [3.63, 3.8) is 0 Å². The van der Waals surface area contributed by atoms with Gasteiger partial charge in [0.25, 0.3) is 0 Å². The maximum Gasteiger partial charge on any atom is 0.0747 e. The van der Waals surface area contributed by atoms with Gasteiger partial charge in [0.05, 0.1) is 11.0 Å². The summed E-state index contributed by atoms with van der Waals surface area (Å²) in [5, 5.41) is 2.87. The van der Waals surface area contributed by atoms with Crippen LogP contribution in [0.4, 0.5) is 0 Å². The fourth-order valence-corrected chi connectivity index (χ4v) is 7.41. The van der Waals surface area contributed by atoms with E-state index in [2.05, 4.69) is 58.9 Å². The minimum atomic E-state index is 1.16. The number of fused-ring (bicyclic) bond motifs is 2. The van der Waals surface area contributed by atoms with Gasteiger partial charge in [0.15, 0.2) is 0 Å². The molecule has 0 fully saturated rings. The van der Waals surface area contributed by atoms with Crippen LogP contribution in [0.3, 0.4) is 0 Å². The smallest absolute Gasteiger partial charge is 0.0747 e. The van der Waals surface area contributed by atoms with Gasteiger partial charge in [0, 0.05) is 10.8 Å². The van der Waals surface area contributed by atoms with Gasteiger partial charge < -0.3 is 0 Å². The summed E-state index contributed by atoms with van der Waals surface area (Å²) < 4.78 is 0. The molecule has 0 bridgehead atoms. The van der Waals surface area contributed by atoms with Gasteiger partial charge in [-0.2, -0.15) is 0 Å². The molecule has 0 spiro atoms. The first-order valence-electron chi connectivity index (χ1n) is 19.6. The van der Waals surface area contributed by atoms with Crippen LogP contribution in [0, 0.1) is 0 Å². The molecule has 2 aromatic carbocycles. The Labute approximate surface area is 273 Å². The first-order chi connectivity index (χ1) is 21.7. The molecule has 1 heterocycles. The summed E-state index contributed by atoms with van der Waals surface area (Å²) >= 11 is 0. The van der Waals surface area contributed by atoms with Crippen molar-refractivity contribution in [2.45, 2.75) is 195 Å². The average molecular weight is 600 g/mol. The van der Waals surface area contributed by atoms with Gasteiger partial charge in [-0.3, -0.25) is 0 Å². The van der Waals surface area contributed by atoms with Crippen molar-refractivity contribution in [2.75, 3.05) is 0 Å². The Hall–Kier alpha value is -1.89. The fraction of sp³-hybridized carbons (Fsp3) is 0.698. The minimum absolute atomic E-state index is 1.16. The second-order valence-electron chi connectivity index (χ2n) is 13.8. The molecule has 0 saturated heterocycles. The van der Waals surface area contributed by atoms with E-state index in [1.54, 1.807) is 22.3 Å². The Morgan fingerprint density at radius 1 is 0.409 bits per heavy atom. The second-order valence-corrected chi connectivity index (χ2v) is 13.8. The van der Waals surface area contributed by atoms with E-state index < -0.39 is 0 Å². The first-order valence-corrected chi connectivity index (χ1v) is 19.6. The van der Waals surface area contributed by atoms with Crippen molar-refractivity contribution >= 4 is 21.8 Å². The lowest BCUT2D eigenvalue weighted by Crippen LogP contribution is -2.10. The predicted octanol–water partition coefficient (Wildman–Crippen LogP) is 14.0. The van der Waals surface area contributed by atoms with Crippen LogP contribution in [-0.4, -0.2) is 4.98 Å². The van der Waals surface area contributed by atoms with Crippen LogP contribution in [0.15, 0.2) is 24.3 Å². The van der Waals surface area contributed by atoms with Crippen LogP contribution in [0.5, 0.6) is 0 Å². The van der Waals surface area contributed by atoms with E-state index >= 15 is 0 Å². The van der Waals surface area contributed by atoms with Gasteiger partial charge in [0.1, 0.15) is 0 Å². The van der Waals surface area contributed by atoms with Crippen LogP contribution in [-0.2, 0) is 32.1 Å². The van der Waals surface area contributed by atoms with E-state index in [1.165, 1.54) is 181 Å². The van der Waals surface area contributed by atoms with Crippen LogP contribution < -0.4 is 0 Å². The van der Waals surface area contributed by atoms with Crippen LogP contribution in [0.2, 0.25) is 0 Å². The Bertz CT molecular complexity index is 1200. The van der Waals surface area contributed by atoms with Crippen molar-refractivity contribution < 1.29 is 0 Å². The number of rotatable bonds is 25. The molecule has 1 aromatic heterocycles. The van der Waals surface area contributed by atoms with Crippen LogP contribution >= 0.6 is 0 Å². The molecule has 0 aliphatic heterocycles. The number of para-hydroxylation sites is 1. The van der Waals surface area contributed by atoms with E-state index in [-0.39, 0.29) is 0 Å². The van der Waals surface area contributed by atoms with Gasteiger partial charge in [0.2, 0.25) is 0 Å². The molecule has 3 aromatic rings. The van der Waals surface area contributed by atoms with Crippen molar-refractivity contribution in [3.05, 3.63) is 52.1 Å².